The lowest BCUT2D eigenvalue weighted by Gasteiger charge is -2.10. The van der Waals surface area contributed by atoms with Gasteiger partial charge in [-0.1, -0.05) is 36.4 Å². The summed E-state index contributed by atoms with van der Waals surface area (Å²) < 4.78 is 0. The maximum atomic E-state index is 9.07. The van der Waals surface area contributed by atoms with Crippen LogP contribution in [0.15, 0.2) is 43.0 Å². The molecule has 0 fully saturated rings. The van der Waals surface area contributed by atoms with Crippen LogP contribution < -0.4 is 0 Å². The number of hydrogen-bond acceptors (Lipinski definition) is 2. The van der Waals surface area contributed by atoms with Crippen LogP contribution in [-0.2, 0) is 5.75 Å². The zero-order chi connectivity index (χ0) is 10.2. The summed E-state index contributed by atoms with van der Waals surface area (Å²) in [4.78, 5) is 0. The van der Waals surface area contributed by atoms with Crippen molar-refractivity contribution in [3.05, 3.63) is 48.6 Å². The topological polar surface area (TPSA) is 20.2 Å². The Morgan fingerprint density at radius 3 is 2.64 bits per heavy atom. The van der Waals surface area contributed by atoms with E-state index in [9.17, 15) is 0 Å². The molecule has 0 spiro atoms. The van der Waals surface area contributed by atoms with Crippen LogP contribution in [0.5, 0.6) is 0 Å². The van der Waals surface area contributed by atoms with E-state index >= 15 is 0 Å². The number of rotatable bonds is 6. The van der Waals surface area contributed by atoms with Crippen molar-refractivity contribution in [2.24, 2.45) is 0 Å². The Labute approximate surface area is 89.8 Å². The fourth-order valence-electron chi connectivity index (χ4n) is 1.17. The molecule has 1 aromatic rings. The van der Waals surface area contributed by atoms with Crippen molar-refractivity contribution in [3.63, 3.8) is 0 Å². The number of allylic oxidation sites excluding steroid dienone is 1. The molecule has 1 rings (SSSR count). The van der Waals surface area contributed by atoms with Crippen molar-refractivity contribution >= 4 is 11.8 Å². The molecule has 0 aromatic heterocycles. The Bertz CT molecular complexity index is 258. The van der Waals surface area contributed by atoms with E-state index in [0.717, 1.165) is 12.2 Å². The second kappa shape index (κ2) is 6.68. The summed E-state index contributed by atoms with van der Waals surface area (Å²) in [5.41, 5.74) is 1.31. The van der Waals surface area contributed by atoms with Crippen LogP contribution in [0, 0.1) is 0 Å². The molecule has 0 saturated carbocycles. The molecule has 0 radical (unpaired) electrons. The Morgan fingerprint density at radius 1 is 1.36 bits per heavy atom. The Morgan fingerprint density at radius 2 is 2.07 bits per heavy atom. The Hall–Kier alpha value is -0.730. The molecule has 1 atom stereocenters. The van der Waals surface area contributed by atoms with E-state index in [1.54, 1.807) is 11.8 Å². The van der Waals surface area contributed by atoms with Gasteiger partial charge < -0.3 is 5.11 Å². The van der Waals surface area contributed by atoms with E-state index in [1.807, 2.05) is 24.3 Å². The second-order valence-electron chi connectivity index (χ2n) is 3.13. The first-order valence-electron chi connectivity index (χ1n) is 4.74. The number of aliphatic hydroxyl groups is 1. The van der Waals surface area contributed by atoms with Gasteiger partial charge >= 0.3 is 0 Å². The number of benzene rings is 1. The first-order chi connectivity index (χ1) is 6.86. The van der Waals surface area contributed by atoms with Crippen LogP contribution in [0.2, 0.25) is 0 Å². The summed E-state index contributed by atoms with van der Waals surface area (Å²) in [6, 6.07) is 10.3. The lowest BCUT2D eigenvalue weighted by atomic mass is 10.2. The quantitative estimate of drug-likeness (QED) is 0.725. The monoisotopic (exact) mass is 208 g/mol. The first-order valence-corrected chi connectivity index (χ1v) is 5.79. The SMILES string of the molecule is C=CC[C@@H](CO)SCc1ccccc1. The maximum Gasteiger partial charge on any atom is 0.0553 e. The molecule has 0 bridgehead atoms. The van der Waals surface area contributed by atoms with Crippen molar-refractivity contribution in [1.29, 1.82) is 0 Å². The van der Waals surface area contributed by atoms with Crippen LogP contribution in [0.3, 0.4) is 0 Å². The van der Waals surface area contributed by atoms with E-state index in [-0.39, 0.29) is 11.9 Å². The molecule has 0 heterocycles. The minimum Gasteiger partial charge on any atom is -0.395 e. The van der Waals surface area contributed by atoms with Gasteiger partial charge in [-0.2, -0.15) is 11.8 Å². The van der Waals surface area contributed by atoms with Gasteiger partial charge in [0.15, 0.2) is 0 Å². The average molecular weight is 208 g/mol. The van der Waals surface area contributed by atoms with Gasteiger partial charge in [0.25, 0.3) is 0 Å². The number of hydrogen-bond donors (Lipinski definition) is 1. The summed E-state index contributed by atoms with van der Waals surface area (Å²) >= 11 is 1.78. The average Bonchev–Trinajstić information content (AvgIpc) is 2.25. The van der Waals surface area contributed by atoms with Crippen molar-refractivity contribution in [3.8, 4) is 0 Å². The highest BCUT2D eigenvalue weighted by Crippen LogP contribution is 2.19. The first kappa shape index (κ1) is 11.3. The number of thioether (sulfide) groups is 1. The van der Waals surface area contributed by atoms with Crippen LogP contribution in [0.4, 0.5) is 0 Å². The smallest absolute Gasteiger partial charge is 0.0553 e. The van der Waals surface area contributed by atoms with Gasteiger partial charge in [-0.25, -0.2) is 0 Å². The molecule has 1 N–H and O–H groups in total. The lowest BCUT2D eigenvalue weighted by molar-refractivity contribution is 0.295. The zero-order valence-corrected chi connectivity index (χ0v) is 9.04. The highest BCUT2D eigenvalue weighted by molar-refractivity contribution is 7.99. The fraction of sp³-hybridized carbons (Fsp3) is 0.333. The summed E-state index contributed by atoms with van der Waals surface area (Å²) in [7, 11) is 0. The molecular formula is C12H16OS. The van der Waals surface area contributed by atoms with Gasteiger partial charge in [0.2, 0.25) is 0 Å². The molecule has 1 aromatic carbocycles. The Balaban J connectivity index is 2.35. The third-order valence-corrected chi connectivity index (χ3v) is 3.27. The molecule has 0 aliphatic heterocycles. The van der Waals surface area contributed by atoms with E-state index in [1.165, 1.54) is 5.56 Å². The predicted octanol–water partition coefficient (Wildman–Crippen LogP) is 2.86. The predicted molar refractivity (Wildman–Crippen MR) is 63.4 cm³/mol. The summed E-state index contributed by atoms with van der Waals surface area (Å²) in [5.74, 6) is 0.958. The lowest BCUT2D eigenvalue weighted by Crippen LogP contribution is -2.07. The van der Waals surface area contributed by atoms with Crippen molar-refractivity contribution < 1.29 is 5.11 Å². The minimum absolute atomic E-state index is 0.226. The van der Waals surface area contributed by atoms with Gasteiger partial charge in [0, 0.05) is 11.0 Å². The summed E-state index contributed by atoms with van der Waals surface area (Å²) in [6.07, 6.45) is 2.73. The molecule has 0 aliphatic carbocycles. The van der Waals surface area contributed by atoms with Gasteiger partial charge in [0.1, 0.15) is 0 Å². The van der Waals surface area contributed by atoms with E-state index in [2.05, 4.69) is 18.7 Å². The van der Waals surface area contributed by atoms with Gasteiger partial charge in [-0.05, 0) is 12.0 Å². The van der Waals surface area contributed by atoms with Crippen LogP contribution in [0.1, 0.15) is 12.0 Å². The zero-order valence-electron chi connectivity index (χ0n) is 8.23. The molecular weight excluding hydrogens is 192 g/mol. The summed E-state index contributed by atoms with van der Waals surface area (Å²) in [6.45, 7) is 3.90. The summed E-state index contributed by atoms with van der Waals surface area (Å²) in [5, 5.41) is 9.35. The molecule has 0 unspecified atom stereocenters. The fourth-order valence-corrected chi connectivity index (χ4v) is 2.17. The largest absolute Gasteiger partial charge is 0.395 e. The standard InChI is InChI=1S/C12H16OS/c1-2-6-12(9-13)14-10-11-7-4-3-5-8-11/h2-5,7-8,12-13H,1,6,9-10H2/t12-/m0/s1. The van der Waals surface area contributed by atoms with E-state index in [4.69, 9.17) is 5.11 Å². The minimum atomic E-state index is 0.226. The maximum absolute atomic E-state index is 9.07. The number of aliphatic hydroxyl groups excluding tert-OH is 1. The highest BCUT2D eigenvalue weighted by Gasteiger charge is 2.05. The van der Waals surface area contributed by atoms with Gasteiger partial charge in [0.05, 0.1) is 6.61 Å². The van der Waals surface area contributed by atoms with Crippen LogP contribution in [-0.4, -0.2) is 17.0 Å². The van der Waals surface area contributed by atoms with Crippen LogP contribution >= 0.6 is 11.8 Å². The normalized spacial score (nSPS) is 12.4. The molecule has 1 nitrogen and oxygen atoms in total. The highest BCUT2D eigenvalue weighted by atomic mass is 32.2. The van der Waals surface area contributed by atoms with Crippen molar-refractivity contribution in [2.45, 2.75) is 17.4 Å². The molecule has 0 aliphatic rings. The Kier molecular flexibility index (Phi) is 5.42. The van der Waals surface area contributed by atoms with E-state index in [0.29, 0.717) is 0 Å². The molecule has 2 heteroatoms. The molecule has 0 amide bonds. The molecule has 76 valence electrons. The third-order valence-electron chi connectivity index (χ3n) is 1.96. The van der Waals surface area contributed by atoms with Crippen molar-refractivity contribution in [2.75, 3.05) is 6.61 Å². The van der Waals surface area contributed by atoms with Crippen LogP contribution in [0.25, 0.3) is 0 Å². The second-order valence-corrected chi connectivity index (χ2v) is 4.41. The van der Waals surface area contributed by atoms with Gasteiger partial charge in [-0.15, -0.1) is 6.58 Å². The molecule has 0 saturated heterocycles. The van der Waals surface area contributed by atoms with Gasteiger partial charge in [-0.3, -0.25) is 0 Å². The third kappa shape index (κ3) is 3.99. The van der Waals surface area contributed by atoms with Crippen molar-refractivity contribution in [1.82, 2.24) is 0 Å². The van der Waals surface area contributed by atoms with E-state index < -0.39 is 0 Å². The molecule has 14 heavy (non-hydrogen) atoms.